The van der Waals surface area contributed by atoms with Gasteiger partial charge in [0.15, 0.2) is 17.3 Å². The van der Waals surface area contributed by atoms with Gasteiger partial charge in [0, 0.05) is 12.5 Å². The van der Waals surface area contributed by atoms with Crippen LogP contribution in [0.3, 0.4) is 0 Å². The molecule has 0 aliphatic carbocycles. The van der Waals surface area contributed by atoms with Gasteiger partial charge in [0.2, 0.25) is 6.79 Å². The predicted molar refractivity (Wildman–Crippen MR) is 71.5 cm³/mol. The zero-order chi connectivity index (χ0) is 13.9. The van der Waals surface area contributed by atoms with E-state index in [1.807, 2.05) is 0 Å². The SMILES string of the molecule is CCC(=O)c1ccc(Oc2ccc3c(c2)OCO3)cn1. The van der Waals surface area contributed by atoms with E-state index in [1.165, 1.54) is 6.20 Å². The molecule has 1 aromatic carbocycles. The maximum atomic E-state index is 11.5. The predicted octanol–water partition coefficient (Wildman–Crippen LogP) is 3.20. The smallest absolute Gasteiger partial charge is 0.231 e. The molecular formula is C15H13NO4. The van der Waals surface area contributed by atoms with Gasteiger partial charge in [0.1, 0.15) is 17.2 Å². The number of benzene rings is 1. The molecule has 1 aromatic heterocycles. The summed E-state index contributed by atoms with van der Waals surface area (Å²) in [7, 11) is 0. The van der Waals surface area contributed by atoms with Crippen LogP contribution in [0.15, 0.2) is 36.5 Å². The van der Waals surface area contributed by atoms with Crippen molar-refractivity contribution in [3.05, 3.63) is 42.2 Å². The average molecular weight is 271 g/mol. The molecule has 2 heterocycles. The Bertz CT molecular complexity index is 637. The van der Waals surface area contributed by atoms with E-state index in [9.17, 15) is 4.79 Å². The Labute approximate surface area is 116 Å². The molecule has 102 valence electrons. The molecule has 0 bridgehead atoms. The number of nitrogens with zero attached hydrogens (tertiary/aromatic N) is 1. The van der Waals surface area contributed by atoms with Gasteiger partial charge in [-0.15, -0.1) is 0 Å². The molecule has 2 aromatic rings. The summed E-state index contributed by atoms with van der Waals surface area (Å²) < 4.78 is 16.2. The molecule has 20 heavy (non-hydrogen) atoms. The molecule has 0 N–H and O–H groups in total. The molecule has 0 atom stereocenters. The van der Waals surface area contributed by atoms with E-state index in [4.69, 9.17) is 14.2 Å². The molecule has 0 amide bonds. The zero-order valence-corrected chi connectivity index (χ0v) is 11.0. The molecule has 0 fully saturated rings. The van der Waals surface area contributed by atoms with Gasteiger partial charge < -0.3 is 14.2 Å². The number of hydrogen-bond acceptors (Lipinski definition) is 5. The lowest BCUT2D eigenvalue weighted by Gasteiger charge is -2.06. The average Bonchev–Trinajstić information content (AvgIpc) is 2.95. The second-order valence-corrected chi connectivity index (χ2v) is 4.27. The maximum Gasteiger partial charge on any atom is 0.231 e. The fourth-order valence-corrected chi connectivity index (χ4v) is 1.86. The van der Waals surface area contributed by atoms with E-state index in [-0.39, 0.29) is 12.6 Å². The molecule has 0 spiro atoms. The van der Waals surface area contributed by atoms with E-state index in [0.29, 0.717) is 35.1 Å². The third kappa shape index (κ3) is 2.42. The number of rotatable bonds is 4. The minimum absolute atomic E-state index is 0.0135. The number of carbonyl (C=O) groups is 1. The van der Waals surface area contributed by atoms with Crippen LogP contribution in [0, 0.1) is 0 Å². The van der Waals surface area contributed by atoms with Crippen LogP contribution in [0.1, 0.15) is 23.8 Å². The Kier molecular flexibility index (Phi) is 3.25. The normalized spacial score (nSPS) is 12.2. The maximum absolute atomic E-state index is 11.5. The Morgan fingerprint density at radius 1 is 1.20 bits per heavy atom. The van der Waals surface area contributed by atoms with Crippen LogP contribution in [0.4, 0.5) is 0 Å². The van der Waals surface area contributed by atoms with Gasteiger partial charge in [-0.05, 0) is 24.3 Å². The van der Waals surface area contributed by atoms with Crippen LogP contribution < -0.4 is 14.2 Å². The summed E-state index contributed by atoms with van der Waals surface area (Å²) in [6, 6.07) is 8.72. The van der Waals surface area contributed by atoms with Gasteiger partial charge in [0.25, 0.3) is 0 Å². The van der Waals surface area contributed by atoms with E-state index in [0.717, 1.165) is 0 Å². The van der Waals surface area contributed by atoms with Crippen molar-refractivity contribution in [3.63, 3.8) is 0 Å². The number of aromatic nitrogens is 1. The fraction of sp³-hybridized carbons (Fsp3) is 0.200. The molecule has 1 aliphatic heterocycles. The second kappa shape index (κ2) is 5.21. The van der Waals surface area contributed by atoms with Crippen molar-refractivity contribution >= 4 is 5.78 Å². The van der Waals surface area contributed by atoms with Gasteiger partial charge in [-0.2, -0.15) is 0 Å². The van der Waals surface area contributed by atoms with Crippen LogP contribution >= 0.6 is 0 Å². The first-order valence-electron chi connectivity index (χ1n) is 6.33. The second-order valence-electron chi connectivity index (χ2n) is 4.27. The summed E-state index contributed by atoms with van der Waals surface area (Å²) in [5, 5.41) is 0. The van der Waals surface area contributed by atoms with E-state index < -0.39 is 0 Å². The highest BCUT2D eigenvalue weighted by Crippen LogP contribution is 2.36. The lowest BCUT2D eigenvalue weighted by Crippen LogP contribution is -1.99. The summed E-state index contributed by atoms with van der Waals surface area (Å²) in [6.07, 6.45) is 1.98. The zero-order valence-electron chi connectivity index (χ0n) is 11.0. The number of ether oxygens (including phenoxy) is 3. The van der Waals surface area contributed by atoms with Gasteiger partial charge in [-0.25, -0.2) is 4.98 Å². The monoisotopic (exact) mass is 271 g/mol. The summed E-state index contributed by atoms with van der Waals surface area (Å²) in [4.78, 5) is 15.6. The van der Waals surface area contributed by atoms with Crippen molar-refractivity contribution in [2.24, 2.45) is 0 Å². The largest absolute Gasteiger partial charge is 0.456 e. The Balaban J connectivity index is 1.76. The fourth-order valence-electron chi connectivity index (χ4n) is 1.86. The van der Waals surface area contributed by atoms with Crippen LogP contribution in [0.2, 0.25) is 0 Å². The number of ketones is 1. The summed E-state index contributed by atoms with van der Waals surface area (Å²) in [6.45, 7) is 2.04. The molecule has 5 nitrogen and oxygen atoms in total. The first-order valence-corrected chi connectivity index (χ1v) is 6.33. The molecule has 0 unspecified atom stereocenters. The van der Waals surface area contributed by atoms with Crippen molar-refractivity contribution < 1.29 is 19.0 Å². The van der Waals surface area contributed by atoms with Gasteiger partial charge in [0.05, 0.1) is 6.20 Å². The lowest BCUT2D eigenvalue weighted by molar-refractivity contribution is 0.0983. The topological polar surface area (TPSA) is 57.7 Å². The highest BCUT2D eigenvalue weighted by molar-refractivity contribution is 5.93. The Hall–Kier alpha value is -2.56. The van der Waals surface area contributed by atoms with E-state index >= 15 is 0 Å². The highest BCUT2D eigenvalue weighted by atomic mass is 16.7. The number of hydrogen-bond donors (Lipinski definition) is 0. The Morgan fingerprint density at radius 3 is 2.75 bits per heavy atom. The number of pyridine rings is 1. The lowest BCUT2D eigenvalue weighted by atomic mass is 10.2. The van der Waals surface area contributed by atoms with E-state index in [1.54, 1.807) is 37.3 Å². The van der Waals surface area contributed by atoms with Crippen molar-refractivity contribution in [2.75, 3.05) is 6.79 Å². The van der Waals surface area contributed by atoms with Gasteiger partial charge in [-0.3, -0.25) is 4.79 Å². The molecule has 5 heteroatoms. The first kappa shape index (κ1) is 12.5. The third-order valence-electron chi connectivity index (χ3n) is 2.92. The van der Waals surface area contributed by atoms with Crippen molar-refractivity contribution in [3.8, 4) is 23.0 Å². The van der Waals surface area contributed by atoms with Crippen molar-refractivity contribution in [1.29, 1.82) is 0 Å². The standard InChI is InChI=1S/C15H13NO4/c1-2-13(17)12-5-3-11(8-16-12)20-10-4-6-14-15(7-10)19-9-18-14/h3-8H,2,9H2,1H3. The molecule has 1 aliphatic rings. The van der Waals surface area contributed by atoms with Crippen LogP contribution in [0.5, 0.6) is 23.0 Å². The summed E-state index contributed by atoms with van der Waals surface area (Å²) in [5.41, 5.74) is 0.450. The van der Waals surface area contributed by atoms with Crippen LogP contribution in [-0.4, -0.2) is 17.6 Å². The molecule has 3 rings (SSSR count). The number of carbonyl (C=O) groups excluding carboxylic acids is 1. The molecule has 0 radical (unpaired) electrons. The summed E-state index contributed by atoms with van der Waals surface area (Å²) in [5.74, 6) is 2.58. The third-order valence-corrected chi connectivity index (χ3v) is 2.92. The van der Waals surface area contributed by atoms with Crippen molar-refractivity contribution in [2.45, 2.75) is 13.3 Å². The van der Waals surface area contributed by atoms with E-state index in [2.05, 4.69) is 4.98 Å². The number of fused-ring (bicyclic) bond motifs is 1. The molecular weight excluding hydrogens is 258 g/mol. The van der Waals surface area contributed by atoms with Crippen molar-refractivity contribution in [1.82, 2.24) is 4.98 Å². The Morgan fingerprint density at radius 2 is 2.00 bits per heavy atom. The minimum Gasteiger partial charge on any atom is -0.456 e. The van der Waals surface area contributed by atoms with Gasteiger partial charge in [-0.1, -0.05) is 6.92 Å². The number of Topliss-reactive ketones (excluding diaryl/α,β-unsaturated/α-hetero) is 1. The highest BCUT2D eigenvalue weighted by Gasteiger charge is 2.14. The minimum atomic E-state index is 0.0135. The molecule has 0 saturated heterocycles. The quantitative estimate of drug-likeness (QED) is 0.799. The summed E-state index contributed by atoms with van der Waals surface area (Å²) >= 11 is 0. The van der Waals surface area contributed by atoms with Crippen LogP contribution in [-0.2, 0) is 0 Å². The van der Waals surface area contributed by atoms with Gasteiger partial charge >= 0.3 is 0 Å². The molecule has 0 saturated carbocycles. The van der Waals surface area contributed by atoms with Crippen LogP contribution in [0.25, 0.3) is 0 Å². The first-order chi connectivity index (χ1) is 9.76.